The van der Waals surface area contributed by atoms with Crippen molar-refractivity contribution in [1.82, 2.24) is 0 Å². The van der Waals surface area contributed by atoms with Gasteiger partial charge in [-0.2, -0.15) is 21.6 Å². The number of fused-ring (bicyclic) bond motifs is 6. The largest absolute Gasteiger partial charge is 0.534 e. The number of phenolic OH excluding ortho intramolecular Hbond substituents is 1. The molecule has 4 aromatic carbocycles. The summed E-state index contributed by atoms with van der Waals surface area (Å²) in [5.41, 5.74) is 3.38. The number of rotatable bonds is 2. The molecule has 0 saturated heterocycles. The highest BCUT2D eigenvalue weighted by Gasteiger charge is 2.48. The number of benzene rings is 4. The maximum Gasteiger partial charge on any atom is 0.534 e. The van der Waals surface area contributed by atoms with Crippen molar-refractivity contribution in [3.8, 4) is 33.8 Å². The van der Waals surface area contributed by atoms with Gasteiger partial charge in [0.2, 0.25) is 0 Å². The van der Waals surface area contributed by atoms with Gasteiger partial charge in [-0.25, -0.2) is 0 Å². The van der Waals surface area contributed by atoms with Crippen molar-refractivity contribution in [2.75, 3.05) is 0 Å². The number of alkyl halides is 3. The van der Waals surface area contributed by atoms with E-state index in [0.29, 0.717) is 12.2 Å². The standard InChI is InChI=1S/C14H9F3O3S.C13H10O/c15-14(16,17)21(18,19)20-11-5-6-13-10(8-11)7-9-3-1-2-4-12(9)13;14-11-5-6-13-10(8-11)7-9-3-1-2-4-12(9)13/h1-6,8H,7H2;1-6,8,14H,7H2. The Morgan fingerprint density at radius 1 is 0.657 bits per heavy atom. The predicted molar refractivity (Wildman–Crippen MR) is 127 cm³/mol. The smallest absolute Gasteiger partial charge is 0.508 e. The van der Waals surface area contributed by atoms with Crippen LogP contribution in [0.4, 0.5) is 13.2 Å². The topological polar surface area (TPSA) is 63.6 Å². The van der Waals surface area contributed by atoms with Gasteiger partial charge in [0.25, 0.3) is 0 Å². The third-order valence-electron chi connectivity index (χ3n) is 6.03. The summed E-state index contributed by atoms with van der Waals surface area (Å²) in [6, 6.07) is 25.7. The molecule has 0 bridgehead atoms. The highest BCUT2D eigenvalue weighted by molar-refractivity contribution is 7.88. The fourth-order valence-electron chi connectivity index (χ4n) is 4.48. The molecule has 0 radical (unpaired) electrons. The molecule has 0 atom stereocenters. The Morgan fingerprint density at radius 2 is 1.14 bits per heavy atom. The van der Waals surface area contributed by atoms with Gasteiger partial charge in [-0.1, -0.05) is 60.7 Å². The quantitative estimate of drug-likeness (QED) is 0.221. The SMILES string of the molecule is O=S(=O)(Oc1ccc2c(c1)Cc1ccccc1-2)C(F)(F)F.Oc1ccc2c(c1)Cc1ccccc1-2. The van der Waals surface area contributed by atoms with Crippen LogP contribution >= 0.6 is 0 Å². The highest BCUT2D eigenvalue weighted by atomic mass is 32.2. The van der Waals surface area contributed by atoms with Gasteiger partial charge in [-0.05, 0) is 81.6 Å². The molecule has 0 spiro atoms. The molecule has 35 heavy (non-hydrogen) atoms. The molecular weight excluding hydrogens is 477 g/mol. The van der Waals surface area contributed by atoms with Gasteiger partial charge in [0, 0.05) is 0 Å². The summed E-state index contributed by atoms with van der Waals surface area (Å²) in [6.45, 7) is 0. The van der Waals surface area contributed by atoms with Crippen LogP contribution in [0.3, 0.4) is 0 Å². The van der Waals surface area contributed by atoms with E-state index >= 15 is 0 Å². The summed E-state index contributed by atoms with van der Waals surface area (Å²) in [4.78, 5) is 0. The summed E-state index contributed by atoms with van der Waals surface area (Å²) in [7, 11) is -5.64. The second-order valence-corrected chi connectivity index (χ2v) is 9.85. The van der Waals surface area contributed by atoms with Crippen LogP contribution in [0.15, 0.2) is 84.9 Å². The van der Waals surface area contributed by atoms with Crippen molar-refractivity contribution in [2.24, 2.45) is 0 Å². The minimum absolute atomic E-state index is 0.334. The number of hydrogen-bond donors (Lipinski definition) is 1. The highest BCUT2D eigenvalue weighted by Crippen LogP contribution is 2.39. The first-order valence-corrected chi connectivity index (χ1v) is 12.2. The van der Waals surface area contributed by atoms with Gasteiger partial charge in [0.15, 0.2) is 0 Å². The predicted octanol–water partition coefficient (Wildman–Crippen LogP) is 6.45. The zero-order valence-electron chi connectivity index (χ0n) is 18.2. The average Bonchev–Trinajstić information content (AvgIpc) is 3.35. The molecule has 0 amide bonds. The Hall–Kier alpha value is -3.78. The first-order chi connectivity index (χ1) is 16.6. The zero-order chi connectivity index (χ0) is 24.8. The fourth-order valence-corrected chi connectivity index (χ4v) is 4.93. The third-order valence-corrected chi connectivity index (χ3v) is 7.01. The van der Waals surface area contributed by atoms with E-state index in [1.807, 2.05) is 36.4 Å². The van der Waals surface area contributed by atoms with Gasteiger partial charge in [-0.3, -0.25) is 0 Å². The molecule has 0 aliphatic heterocycles. The molecule has 4 aromatic rings. The third kappa shape index (κ3) is 4.37. The van der Waals surface area contributed by atoms with E-state index in [0.717, 1.165) is 28.7 Å². The van der Waals surface area contributed by atoms with Crippen LogP contribution in [-0.2, 0) is 23.0 Å². The molecule has 178 valence electrons. The monoisotopic (exact) mass is 496 g/mol. The molecule has 8 heteroatoms. The van der Waals surface area contributed by atoms with Crippen LogP contribution in [-0.4, -0.2) is 19.0 Å². The maximum absolute atomic E-state index is 12.3. The average molecular weight is 497 g/mol. The van der Waals surface area contributed by atoms with Crippen LogP contribution in [0, 0.1) is 0 Å². The van der Waals surface area contributed by atoms with Gasteiger partial charge in [0.05, 0.1) is 0 Å². The molecule has 0 fully saturated rings. The molecule has 0 unspecified atom stereocenters. The first kappa shape index (κ1) is 23.0. The van der Waals surface area contributed by atoms with Gasteiger partial charge >= 0.3 is 15.6 Å². The van der Waals surface area contributed by atoms with Crippen LogP contribution < -0.4 is 4.18 Å². The maximum atomic E-state index is 12.3. The Balaban J connectivity index is 0.000000156. The second kappa shape index (κ2) is 8.46. The molecule has 0 heterocycles. The molecule has 2 aliphatic carbocycles. The van der Waals surface area contributed by atoms with Crippen molar-refractivity contribution in [3.63, 3.8) is 0 Å². The van der Waals surface area contributed by atoms with Crippen LogP contribution in [0.1, 0.15) is 22.3 Å². The number of halogens is 3. The normalized spacial score (nSPS) is 13.1. The minimum atomic E-state index is -5.64. The van der Waals surface area contributed by atoms with E-state index in [1.54, 1.807) is 12.1 Å². The van der Waals surface area contributed by atoms with Gasteiger partial charge in [0.1, 0.15) is 11.5 Å². The van der Waals surface area contributed by atoms with Crippen molar-refractivity contribution >= 4 is 10.1 Å². The lowest BCUT2D eigenvalue weighted by molar-refractivity contribution is -0.0500. The van der Waals surface area contributed by atoms with E-state index in [2.05, 4.69) is 28.4 Å². The lowest BCUT2D eigenvalue weighted by Gasteiger charge is -2.10. The number of aromatic hydroxyl groups is 1. The van der Waals surface area contributed by atoms with Crippen LogP contribution in [0.25, 0.3) is 22.3 Å². The summed E-state index contributed by atoms with van der Waals surface area (Å²) < 4.78 is 63.0. The Bertz CT molecular complexity index is 1540. The zero-order valence-corrected chi connectivity index (χ0v) is 19.0. The number of phenols is 1. The Morgan fingerprint density at radius 3 is 1.71 bits per heavy atom. The summed E-state index contributed by atoms with van der Waals surface area (Å²) in [5.74, 6) is 0.0236. The second-order valence-electron chi connectivity index (χ2n) is 8.31. The van der Waals surface area contributed by atoms with E-state index in [9.17, 15) is 26.7 Å². The van der Waals surface area contributed by atoms with E-state index in [1.165, 1.54) is 34.4 Å². The molecule has 0 saturated carbocycles. The summed E-state index contributed by atoms with van der Waals surface area (Å²) in [6.07, 6.45) is 1.48. The lowest BCUT2D eigenvalue weighted by Crippen LogP contribution is -2.28. The van der Waals surface area contributed by atoms with Crippen molar-refractivity contribution in [3.05, 3.63) is 107 Å². The number of hydrogen-bond acceptors (Lipinski definition) is 4. The Kier molecular flexibility index (Phi) is 5.56. The van der Waals surface area contributed by atoms with Crippen molar-refractivity contribution in [1.29, 1.82) is 0 Å². The molecule has 0 aromatic heterocycles. The minimum Gasteiger partial charge on any atom is -0.508 e. The summed E-state index contributed by atoms with van der Waals surface area (Å²) >= 11 is 0. The molecule has 2 aliphatic rings. The fraction of sp³-hybridized carbons (Fsp3) is 0.111. The van der Waals surface area contributed by atoms with Gasteiger partial charge in [-0.15, -0.1) is 0 Å². The molecule has 6 rings (SSSR count). The Labute approximate surface area is 200 Å². The molecule has 1 N–H and O–H groups in total. The summed E-state index contributed by atoms with van der Waals surface area (Å²) in [5, 5.41) is 9.38. The molecular formula is C27H19F3O4S. The molecule has 4 nitrogen and oxygen atoms in total. The van der Waals surface area contributed by atoms with E-state index < -0.39 is 15.6 Å². The van der Waals surface area contributed by atoms with Crippen LogP contribution in [0.5, 0.6) is 11.5 Å². The first-order valence-electron chi connectivity index (χ1n) is 10.7. The van der Waals surface area contributed by atoms with Crippen molar-refractivity contribution < 1.29 is 30.9 Å². The van der Waals surface area contributed by atoms with E-state index in [4.69, 9.17) is 0 Å². The van der Waals surface area contributed by atoms with Crippen molar-refractivity contribution in [2.45, 2.75) is 18.3 Å². The van der Waals surface area contributed by atoms with Crippen LogP contribution in [0.2, 0.25) is 0 Å². The van der Waals surface area contributed by atoms with E-state index in [-0.39, 0.29) is 5.75 Å². The van der Waals surface area contributed by atoms with Gasteiger partial charge < -0.3 is 9.29 Å². The lowest BCUT2D eigenvalue weighted by atomic mass is 10.1.